The molecule has 1 aromatic rings. The Morgan fingerprint density at radius 2 is 1.95 bits per heavy atom. The minimum atomic E-state index is 0.147. The summed E-state index contributed by atoms with van der Waals surface area (Å²) in [4.78, 5) is 12.1. The van der Waals surface area contributed by atoms with Crippen molar-refractivity contribution in [3.63, 3.8) is 0 Å². The molecular formula is C16H22BrNO. The van der Waals surface area contributed by atoms with Gasteiger partial charge in [-0.05, 0) is 36.0 Å². The molecule has 3 heteroatoms. The molecule has 1 fully saturated rings. The van der Waals surface area contributed by atoms with E-state index in [-0.39, 0.29) is 5.91 Å². The number of benzene rings is 1. The van der Waals surface area contributed by atoms with Crippen LogP contribution in [0.15, 0.2) is 28.7 Å². The Kier molecular flexibility index (Phi) is 5.03. The molecule has 0 spiro atoms. The number of rotatable bonds is 3. The zero-order valence-electron chi connectivity index (χ0n) is 11.7. The summed E-state index contributed by atoms with van der Waals surface area (Å²) in [5.41, 5.74) is 1.07. The van der Waals surface area contributed by atoms with Crippen LogP contribution in [-0.4, -0.2) is 11.9 Å². The predicted molar refractivity (Wildman–Crippen MR) is 82.0 cm³/mol. The number of carbonyl (C=O) groups excluding carboxylic acids is 1. The van der Waals surface area contributed by atoms with Gasteiger partial charge in [-0.2, -0.15) is 0 Å². The Morgan fingerprint density at radius 1 is 1.26 bits per heavy atom. The fourth-order valence-electron chi connectivity index (χ4n) is 2.83. The van der Waals surface area contributed by atoms with Gasteiger partial charge in [0.1, 0.15) is 0 Å². The van der Waals surface area contributed by atoms with Gasteiger partial charge >= 0.3 is 0 Å². The molecule has 2 rings (SSSR count). The van der Waals surface area contributed by atoms with Gasteiger partial charge in [-0.15, -0.1) is 0 Å². The second-order valence-corrected chi connectivity index (χ2v) is 6.66. The largest absolute Gasteiger partial charge is 0.353 e. The average Bonchev–Trinajstić information content (AvgIpc) is 2.38. The maximum absolute atomic E-state index is 12.1. The summed E-state index contributed by atoms with van der Waals surface area (Å²) in [7, 11) is 0. The Labute approximate surface area is 124 Å². The molecule has 1 aliphatic carbocycles. The Hall–Kier alpha value is -0.830. The van der Waals surface area contributed by atoms with E-state index in [1.54, 1.807) is 0 Å². The maximum atomic E-state index is 12.1. The summed E-state index contributed by atoms with van der Waals surface area (Å²) < 4.78 is 1.05. The lowest BCUT2D eigenvalue weighted by atomic mass is 9.78. The van der Waals surface area contributed by atoms with E-state index >= 15 is 0 Å². The third-order valence-electron chi connectivity index (χ3n) is 4.33. The SMILES string of the molecule is C[C@H]1[C@H](C)CCC[C@H]1NC(=O)Cc1ccc(Br)cc1. The van der Waals surface area contributed by atoms with E-state index in [0.29, 0.717) is 24.3 Å². The van der Waals surface area contributed by atoms with Crippen LogP contribution in [-0.2, 0) is 11.2 Å². The van der Waals surface area contributed by atoms with Crippen LogP contribution in [0.25, 0.3) is 0 Å². The molecule has 2 nitrogen and oxygen atoms in total. The molecular weight excluding hydrogens is 302 g/mol. The first-order valence-corrected chi connectivity index (χ1v) is 7.89. The predicted octanol–water partition coefficient (Wildman–Crippen LogP) is 3.93. The van der Waals surface area contributed by atoms with E-state index in [4.69, 9.17) is 0 Å². The molecule has 0 saturated heterocycles. The molecule has 1 saturated carbocycles. The van der Waals surface area contributed by atoms with E-state index < -0.39 is 0 Å². The molecule has 0 aromatic heterocycles. The van der Waals surface area contributed by atoms with Gasteiger partial charge < -0.3 is 5.32 Å². The second-order valence-electron chi connectivity index (χ2n) is 5.74. The lowest BCUT2D eigenvalue weighted by molar-refractivity contribution is -0.121. The highest BCUT2D eigenvalue weighted by Crippen LogP contribution is 2.29. The maximum Gasteiger partial charge on any atom is 0.224 e. The van der Waals surface area contributed by atoms with Crippen LogP contribution in [0.3, 0.4) is 0 Å². The zero-order chi connectivity index (χ0) is 13.8. The van der Waals surface area contributed by atoms with Gasteiger partial charge in [0.2, 0.25) is 5.91 Å². The fourth-order valence-corrected chi connectivity index (χ4v) is 3.10. The minimum absolute atomic E-state index is 0.147. The number of amides is 1. The third-order valence-corrected chi connectivity index (χ3v) is 4.86. The van der Waals surface area contributed by atoms with Crippen molar-refractivity contribution in [3.8, 4) is 0 Å². The molecule has 19 heavy (non-hydrogen) atoms. The lowest BCUT2D eigenvalue weighted by Crippen LogP contribution is -2.44. The molecule has 1 aliphatic rings. The van der Waals surface area contributed by atoms with Crippen molar-refractivity contribution in [1.82, 2.24) is 5.32 Å². The molecule has 3 atom stereocenters. The standard InChI is InChI=1S/C16H22BrNO/c1-11-4-3-5-15(12(11)2)18-16(19)10-13-6-8-14(17)9-7-13/h6-9,11-12,15H,3-5,10H2,1-2H3,(H,18,19)/t11-,12+,15-/m1/s1. The molecule has 0 radical (unpaired) electrons. The van der Waals surface area contributed by atoms with Crippen molar-refractivity contribution < 1.29 is 4.79 Å². The quantitative estimate of drug-likeness (QED) is 0.897. The van der Waals surface area contributed by atoms with Crippen LogP contribution in [0.2, 0.25) is 0 Å². The Morgan fingerprint density at radius 3 is 2.63 bits per heavy atom. The average molecular weight is 324 g/mol. The fraction of sp³-hybridized carbons (Fsp3) is 0.562. The number of halogens is 1. The molecule has 0 aliphatic heterocycles. The lowest BCUT2D eigenvalue weighted by Gasteiger charge is -2.34. The van der Waals surface area contributed by atoms with Crippen LogP contribution in [0.1, 0.15) is 38.7 Å². The first-order valence-electron chi connectivity index (χ1n) is 7.10. The Bertz CT molecular complexity index is 429. The summed E-state index contributed by atoms with van der Waals surface area (Å²) in [5.74, 6) is 1.45. The normalized spacial score (nSPS) is 27.0. The van der Waals surface area contributed by atoms with Gasteiger partial charge in [0.15, 0.2) is 0 Å². The van der Waals surface area contributed by atoms with Gasteiger partial charge in [-0.25, -0.2) is 0 Å². The second kappa shape index (κ2) is 6.56. The summed E-state index contributed by atoms with van der Waals surface area (Å²) in [6.45, 7) is 4.55. The monoisotopic (exact) mass is 323 g/mol. The van der Waals surface area contributed by atoms with Crippen molar-refractivity contribution in [2.45, 2.75) is 45.6 Å². The molecule has 1 amide bonds. The summed E-state index contributed by atoms with van der Waals surface area (Å²) in [6, 6.07) is 8.31. The molecule has 104 valence electrons. The minimum Gasteiger partial charge on any atom is -0.353 e. The van der Waals surface area contributed by atoms with Crippen LogP contribution < -0.4 is 5.32 Å². The van der Waals surface area contributed by atoms with Gasteiger partial charge in [0, 0.05) is 10.5 Å². The van der Waals surface area contributed by atoms with Crippen molar-refractivity contribution in [1.29, 1.82) is 0 Å². The van der Waals surface area contributed by atoms with Crippen LogP contribution in [0.5, 0.6) is 0 Å². The van der Waals surface area contributed by atoms with Gasteiger partial charge in [0.25, 0.3) is 0 Å². The van der Waals surface area contributed by atoms with E-state index in [1.165, 1.54) is 12.8 Å². The van der Waals surface area contributed by atoms with Crippen molar-refractivity contribution in [2.75, 3.05) is 0 Å². The number of hydrogen-bond donors (Lipinski definition) is 1. The van der Waals surface area contributed by atoms with E-state index in [2.05, 4.69) is 35.1 Å². The number of carbonyl (C=O) groups is 1. The van der Waals surface area contributed by atoms with Crippen molar-refractivity contribution >= 4 is 21.8 Å². The number of nitrogens with one attached hydrogen (secondary N) is 1. The Balaban J connectivity index is 1.88. The highest BCUT2D eigenvalue weighted by Gasteiger charge is 2.27. The summed E-state index contributed by atoms with van der Waals surface area (Å²) in [5, 5.41) is 3.21. The molecule has 0 heterocycles. The first-order chi connectivity index (χ1) is 9.06. The topological polar surface area (TPSA) is 29.1 Å². The first kappa shape index (κ1) is 14.6. The van der Waals surface area contributed by atoms with Gasteiger partial charge in [-0.3, -0.25) is 4.79 Å². The number of hydrogen-bond acceptors (Lipinski definition) is 1. The molecule has 0 unspecified atom stereocenters. The smallest absolute Gasteiger partial charge is 0.224 e. The van der Waals surface area contributed by atoms with Gasteiger partial charge in [0.05, 0.1) is 6.42 Å². The van der Waals surface area contributed by atoms with E-state index in [1.807, 2.05) is 24.3 Å². The zero-order valence-corrected chi connectivity index (χ0v) is 13.2. The highest BCUT2D eigenvalue weighted by atomic mass is 79.9. The van der Waals surface area contributed by atoms with Crippen molar-refractivity contribution in [2.24, 2.45) is 11.8 Å². The van der Waals surface area contributed by atoms with E-state index in [0.717, 1.165) is 16.5 Å². The van der Waals surface area contributed by atoms with E-state index in [9.17, 15) is 4.79 Å². The van der Waals surface area contributed by atoms with Crippen LogP contribution >= 0.6 is 15.9 Å². The van der Waals surface area contributed by atoms with Crippen LogP contribution in [0, 0.1) is 11.8 Å². The molecule has 1 N–H and O–H groups in total. The summed E-state index contributed by atoms with van der Waals surface area (Å²) in [6.07, 6.45) is 4.12. The van der Waals surface area contributed by atoms with Crippen LogP contribution in [0.4, 0.5) is 0 Å². The van der Waals surface area contributed by atoms with Gasteiger partial charge in [-0.1, -0.05) is 54.8 Å². The molecule has 1 aromatic carbocycles. The third kappa shape index (κ3) is 4.07. The van der Waals surface area contributed by atoms with Crippen molar-refractivity contribution in [3.05, 3.63) is 34.3 Å². The summed E-state index contributed by atoms with van der Waals surface area (Å²) >= 11 is 3.41. The highest BCUT2D eigenvalue weighted by molar-refractivity contribution is 9.10. The molecule has 0 bridgehead atoms.